The summed E-state index contributed by atoms with van der Waals surface area (Å²) in [4.78, 5) is -0.273. The molecule has 6 nitrogen and oxygen atoms in total. The molecule has 0 bridgehead atoms. The van der Waals surface area contributed by atoms with Crippen molar-refractivity contribution >= 4 is 22.0 Å². The Bertz CT molecular complexity index is 746. The number of ether oxygens (including phenoxy) is 1. The van der Waals surface area contributed by atoms with Crippen LogP contribution in [0.3, 0.4) is 0 Å². The molecule has 0 fully saturated rings. The maximum atomic E-state index is 10.8. The molecule has 0 atom stereocenters. The molecule has 2 rings (SSSR count). The van der Waals surface area contributed by atoms with Gasteiger partial charge in [-0.25, -0.2) is 8.42 Å². The van der Waals surface area contributed by atoms with Crippen molar-refractivity contribution in [3.63, 3.8) is 0 Å². The van der Waals surface area contributed by atoms with E-state index < -0.39 is 10.1 Å². The SMILES string of the molecule is COc1cccc(/C=N/Nc2ccc(S(=O)(=O)[O-])cc2)c1.[Na+]. The van der Waals surface area contributed by atoms with Crippen molar-refractivity contribution in [3.8, 4) is 5.75 Å². The van der Waals surface area contributed by atoms with Crippen LogP contribution in [0.1, 0.15) is 5.56 Å². The number of rotatable bonds is 5. The quantitative estimate of drug-likeness (QED) is 0.331. The van der Waals surface area contributed by atoms with Gasteiger partial charge in [-0.2, -0.15) is 5.10 Å². The van der Waals surface area contributed by atoms with Crippen molar-refractivity contribution in [3.05, 3.63) is 54.1 Å². The average Bonchev–Trinajstić information content (AvgIpc) is 2.47. The second-order valence-corrected chi connectivity index (χ2v) is 5.50. The van der Waals surface area contributed by atoms with Crippen LogP contribution in [-0.4, -0.2) is 26.3 Å². The van der Waals surface area contributed by atoms with E-state index in [1.54, 1.807) is 13.3 Å². The fourth-order valence-corrected chi connectivity index (χ4v) is 2.07. The second kappa shape index (κ2) is 8.30. The Morgan fingerprint density at radius 3 is 2.45 bits per heavy atom. The van der Waals surface area contributed by atoms with Crippen molar-refractivity contribution in [1.82, 2.24) is 0 Å². The van der Waals surface area contributed by atoms with Gasteiger partial charge in [0.25, 0.3) is 0 Å². The molecule has 0 heterocycles. The van der Waals surface area contributed by atoms with Crippen molar-refractivity contribution in [2.75, 3.05) is 12.5 Å². The Labute approximate surface area is 151 Å². The van der Waals surface area contributed by atoms with Gasteiger partial charge < -0.3 is 9.29 Å². The van der Waals surface area contributed by atoms with Gasteiger partial charge >= 0.3 is 29.6 Å². The molecule has 0 saturated carbocycles. The van der Waals surface area contributed by atoms with Crippen molar-refractivity contribution in [1.29, 1.82) is 0 Å². The maximum Gasteiger partial charge on any atom is 1.00 e. The number of benzene rings is 2. The summed E-state index contributed by atoms with van der Waals surface area (Å²) >= 11 is 0. The zero-order valence-electron chi connectivity index (χ0n) is 12.2. The number of hydrogen-bond acceptors (Lipinski definition) is 6. The molecule has 0 saturated heterocycles. The monoisotopic (exact) mass is 328 g/mol. The molecule has 22 heavy (non-hydrogen) atoms. The molecular formula is C14H13N2NaO4S. The van der Waals surface area contributed by atoms with Gasteiger partial charge in [0.15, 0.2) is 0 Å². The predicted octanol–water partition coefficient (Wildman–Crippen LogP) is -0.951. The molecule has 2 aromatic carbocycles. The number of hydrogen-bond donors (Lipinski definition) is 1. The standard InChI is InChI=1S/C14H14N2O4S.Na/c1-20-13-4-2-3-11(9-13)10-15-16-12-5-7-14(8-6-12)21(17,18)19;/h2-10,16H,1H3,(H,17,18,19);/q;+1/p-1/b15-10+;. The first-order chi connectivity index (χ1) is 9.99. The van der Waals surface area contributed by atoms with Crippen LogP contribution in [0, 0.1) is 0 Å². The van der Waals surface area contributed by atoms with Crippen LogP contribution in [0.2, 0.25) is 0 Å². The smallest absolute Gasteiger partial charge is 0.744 e. The Kier molecular flexibility index (Phi) is 7.05. The number of nitrogens with one attached hydrogen (secondary N) is 1. The number of nitrogens with zero attached hydrogens (tertiary/aromatic N) is 1. The van der Waals surface area contributed by atoms with E-state index in [1.165, 1.54) is 24.3 Å². The third kappa shape index (κ3) is 5.43. The topological polar surface area (TPSA) is 90.8 Å². The third-order valence-corrected chi connectivity index (χ3v) is 3.49. The van der Waals surface area contributed by atoms with E-state index in [2.05, 4.69) is 10.5 Å². The fraction of sp³-hybridized carbons (Fsp3) is 0.0714. The molecule has 0 aliphatic carbocycles. The van der Waals surface area contributed by atoms with Gasteiger partial charge in [-0.15, -0.1) is 0 Å². The molecule has 0 unspecified atom stereocenters. The molecule has 0 spiro atoms. The summed E-state index contributed by atoms with van der Waals surface area (Å²) in [6.07, 6.45) is 1.60. The zero-order valence-corrected chi connectivity index (χ0v) is 15.0. The van der Waals surface area contributed by atoms with Crippen LogP contribution in [0.25, 0.3) is 0 Å². The van der Waals surface area contributed by atoms with Gasteiger partial charge in [0, 0.05) is 0 Å². The van der Waals surface area contributed by atoms with Crippen molar-refractivity contribution in [2.24, 2.45) is 5.10 Å². The molecule has 2 aromatic rings. The van der Waals surface area contributed by atoms with E-state index in [1.807, 2.05) is 24.3 Å². The first kappa shape index (κ1) is 18.7. The van der Waals surface area contributed by atoms with E-state index in [4.69, 9.17) is 4.74 Å². The van der Waals surface area contributed by atoms with Gasteiger partial charge in [-0.3, -0.25) is 5.43 Å². The van der Waals surface area contributed by atoms with E-state index in [0.717, 1.165) is 11.3 Å². The Morgan fingerprint density at radius 2 is 1.86 bits per heavy atom. The summed E-state index contributed by atoms with van der Waals surface area (Å²) in [7, 11) is -2.84. The van der Waals surface area contributed by atoms with Gasteiger partial charge in [0.1, 0.15) is 15.9 Å². The number of hydrazone groups is 1. The molecule has 0 amide bonds. The van der Waals surface area contributed by atoms with Crippen LogP contribution in [0.4, 0.5) is 5.69 Å². The molecule has 0 radical (unpaired) electrons. The Morgan fingerprint density at radius 1 is 1.18 bits per heavy atom. The van der Waals surface area contributed by atoms with Crippen LogP contribution in [0.5, 0.6) is 5.75 Å². The van der Waals surface area contributed by atoms with Gasteiger partial charge in [-0.05, 0) is 42.0 Å². The third-order valence-electron chi connectivity index (χ3n) is 2.64. The van der Waals surface area contributed by atoms with Gasteiger partial charge in [0.2, 0.25) is 0 Å². The van der Waals surface area contributed by atoms with Gasteiger partial charge in [0.05, 0.1) is 23.9 Å². The Balaban J connectivity index is 0.00000242. The van der Waals surface area contributed by atoms with Crippen molar-refractivity contribution in [2.45, 2.75) is 4.90 Å². The van der Waals surface area contributed by atoms with E-state index in [0.29, 0.717) is 5.69 Å². The van der Waals surface area contributed by atoms with Gasteiger partial charge in [-0.1, -0.05) is 12.1 Å². The minimum atomic E-state index is -4.42. The average molecular weight is 328 g/mol. The first-order valence-corrected chi connectivity index (χ1v) is 7.39. The second-order valence-electron chi connectivity index (χ2n) is 4.13. The predicted molar refractivity (Wildman–Crippen MR) is 78.6 cm³/mol. The minimum absolute atomic E-state index is 0. The summed E-state index contributed by atoms with van der Waals surface area (Å²) in [5.41, 5.74) is 4.16. The molecule has 0 aliphatic heterocycles. The maximum absolute atomic E-state index is 10.8. The minimum Gasteiger partial charge on any atom is -0.744 e. The van der Waals surface area contributed by atoms with Crippen LogP contribution in [-0.2, 0) is 10.1 Å². The van der Waals surface area contributed by atoms with Crippen LogP contribution < -0.4 is 39.7 Å². The summed E-state index contributed by atoms with van der Waals surface area (Å²) in [5.74, 6) is 0.726. The largest absolute Gasteiger partial charge is 1.00 e. The van der Waals surface area contributed by atoms with E-state index in [-0.39, 0.29) is 34.5 Å². The molecule has 0 aliphatic rings. The molecule has 0 aromatic heterocycles. The first-order valence-electron chi connectivity index (χ1n) is 5.98. The van der Waals surface area contributed by atoms with Crippen LogP contribution >= 0.6 is 0 Å². The number of methoxy groups -OCH3 is 1. The molecule has 8 heteroatoms. The van der Waals surface area contributed by atoms with E-state index >= 15 is 0 Å². The zero-order chi connectivity index (χ0) is 15.3. The van der Waals surface area contributed by atoms with E-state index in [9.17, 15) is 13.0 Å². The molecule has 110 valence electrons. The van der Waals surface area contributed by atoms with Crippen molar-refractivity contribution < 1.29 is 47.3 Å². The summed E-state index contributed by atoms with van der Waals surface area (Å²) in [5, 5.41) is 4.02. The number of anilines is 1. The van der Waals surface area contributed by atoms with Crippen LogP contribution in [0.15, 0.2) is 58.5 Å². The summed E-state index contributed by atoms with van der Waals surface area (Å²) < 4.78 is 37.5. The molecular weight excluding hydrogens is 315 g/mol. The summed E-state index contributed by atoms with van der Waals surface area (Å²) in [6.45, 7) is 0. The normalized spacial score (nSPS) is 11.0. The molecule has 1 N–H and O–H groups in total. The fourth-order valence-electron chi connectivity index (χ4n) is 1.60. The summed E-state index contributed by atoms with van der Waals surface area (Å²) in [6, 6.07) is 12.7. The Hall–Kier alpha value is -1.38.